The Morgan fingerprint density at radius 2 is 1.90 bits per heavy atom. The standard InChI is InChI=1S/C21H16F3N5/c22-21(23,24)14-3-1-2-12(8-14)13-9-16-17(11-27-19(16)26-10-13)18-6-7-25-20(29-18)28-15-4-5-15/h1-3,6-11,15H,4-5H2,(H,26,27)(H,25,28,29). The number of fused-ring (bicyclic) bond motifs is 1. The summed E-state index contributed by atoms with van der Waals surface area (Å²) in [6, 6.07) is 9.32. The molecule has 0 saturated heterocycles. The molecule has 1 saturated carbocycles. The van der Waals surface area contributed by atoms with Gasteiger partial charge in [-0.1, -0.05) is 12.1 Å². The van der Waals surface area contributed by atoms with Crippen LogP contribution in [-0.4, -0.2) is 26.0 Å². The molecule has 0 amide bonds. The molecule has 0 unspecified atom stereocenters. The van der Waals surface area contributed by atoms with E-state index in [2.05, 4.69) is 25.3 Å². The zero-order valence-corrected chi connectivity index (χ0v) is 15.2. The molecule has 3 aromatic heterocycles. The van der Waals surface area contributed by atoms with Gasteiger partial charge in [0.2, 0.25) is 5.95 Å². The first kappa shape index (κ1) is 17.7. The Balaban J connectivity index is 1.56. The van der Waals surface area contributed by atoms with E-state index >= 15 is 0 Å². The highest BCUT2D eigenvalue weighted by Gasteiger charge is 2.30. The SMILES string of the molecule is FC(F)(F)c1cccc(-c2cnc3[nH]cc(-c4ccnc(NC5CC5)n4)c3c2)c1. The maximum atomic E-state index is 13.1. The van der Waals surface area contributed by atoms with E-state index in [-0.39, 0.29) is 0 Å². The summed E-state index contributed by atoms with van der Waals surface area (Å²) in [5.41, 5.74) is 2.57. The number of nitrogens with zero attached hydrogens (tertiary/aromatic N) is 3. The van der Waals surface area contributed by atoms with Gasteiger partial charge in [-0.3, -0.25) is 0 Å². The Morgan fingerprint density at radius 1 is 1.03 bits per heavy atom. The van der Waals surface area contributed by atoms with Gasteiger partial charge in [0.25, 0.3) is 0 Å². The monoisotopic (exact) mass is 395 g/mol. The minimum Gasteiger partial charge on any atom is -0.351 e. The first-order chi connectivity index (χ1) is 14.0. The van der Waals surface area contributed by atoms with E-state index in [1.165, 1.54) is 6.07 Å². The molecule has 1 fully saturated rings. The van der Waals surface area contributed by atoms with Gasteiger partial charge in [-0.25, -0.2) is 15.0 Å². The largest absolute Gasteiger partial charge is 0.416 e. The van der Waals surface area contributed by atoms with E-state index in [1.54, 1.807) is 30.7 Å². The van der Waals surface area contributed by atoms with Gasteiger partial charge in [0, 0.05) is 41.1 Å². The Kier molecular flexibility index (Phi) is 4.01. The summed E-state index contributed by atoms with van der Waals surface area (Å²) in [5, 5.41) is 4.06. The second-order valence-corrected chi connectivity index (χ2v) is 7.09. The number of aromatic nitrogens is 4. The van der Waals surface area contributed by atoms with Crippen molar-refractivity contribution < 1.29 is 13.2 Å². The summed E-state index contributed by atoms with van der Waals surface area (Å²) < 4.78 is 39.2. The molecule has 146 valence electrons. The van der Waals surface area contributed by atoms with E-state index in [4.69, 9.17) is 0 Å². The van der Waals surface area contributed by atoms with Gasteiger partial charge in [-0.05, 0) is 42.7 Å². The lowest BCUT2D eigenvalue weighted by Gasteiger charge is -2.09. The molecular formula is C21H16F3N5. The second kappa shape index (κ2) is 6.58. The molecule has 8 heteroatoms. The lowest BCUT2D eigenvalue weighted by atomic mass is 10.0. The van der Waals surface area contributed by atoms with Crippen LogP contribution in [0.4, 0.5) is 19.1 Å². The van der Waals surface area contributed by atoms with Crippen LogP contribution in [0, 0.1) is 0 Å². The highest BCUT2D eigenvalue weighted by molar-refractivity contribution is 5.95. The van der Waals surface area contributed by atoms with Gasteiger partial charge in [0.15, 0.2) is 0 Å². The van der Waals surface area contributed by atoms with Crippen LogP contribution in [0.3, 0.4) is 0 Å². The number of hydrogen-bond acceptors (Lipinski definition) is 4. The Hall–Kier alpha value is -3.42. The second-order valence-electron chi connectivity index (χ2n) is 7.09. The summed E-state index contributed by atoms with van der Waals surface area (Å²) in [6.07, 6.45) is 2.90. The molecule has 1 aliphatic rings. The molecule has 0 radical (unpaired) electrons. The zero-order valence-electron chi connectivity index (χ0n) is 15.2. The van der Waals surface area contributed by atoms with Gasteiger partial charge in [0.05, 0.1) is 11.3 Å². The van der Waals surface area contributed by atoms with E-state index in [0.29, 0.717) is 28.8 Å². The number of benzene rings is 1. The van der Waals surface area contributed by atoms with E-state index in [1.807, 2.05) is 6.07 Å². The van der Waals surface area contributed by atoms with Crippen LogP contribution in [-0.2, 0) is 6.18 Å². The van der Waals surface area contributed by atoms with Gasteiger partial charge in [-0.2, -0.15) is 13.2 Å². The molecule has 1 aliphatic carbocycles. The summed E-state index contributed by atoms with van der Waals surface area (Å²) in [4.78, 5) is 16.3. The molecule has 5 nitrogen and oxygen atoms in total. The van der Waals surface area contributed by atoms with Crippen molar-refractivity contribution in [1.82, 2.24) is 19.9 Å². The number of hydrogen-bond donors (Lipinski definition) is 2. The highest BCUT2D eigenvalue weighted by Crippen LogP contribution is 2.34. The van der Waals surface area contributed by atoms with Crippen LogP contribution < -0.4 is 5.32 Å². The smallest absolute Gasteiger partial charge is 0.351 e. The van der Waals surface area contributed by atoms with Crippen molar-refractivity contribution >= 4 is 17.0 Å². The maximum absolute atomic E-state index is 13.1. The highest BCUT2D eigenvalue weighted by atomic mass is 19.4. The topological polar surface area (TPSA) is 66.5 Å². The van der Waals surface area contributed by atoms with Crippen LogP contribution in [0.15, 0.2) is 55.0 Å². The molecule has 0 spiro atoms. The Labute approximate surface area is 164 Å². The fourth-order valence-electron chi connectivity index (χ4n) is 3.24. The quantitative estimate of drug-likeness (QED) is 0.493. The molecule has 5 rings (SSSR count). The van der Waals surface area contributed by atoms with Crippen molar-refractivity contribution in [3.05, 3.63) is 60.6 Å². The average molecular weight is 395 g/mol. The molecule has 2 N–H and O–H groups in total. The van der Waals surface area contributed by atoms with Crippen LogP contribution >= 0.6 is 0 Å². The number of nitrogens with one attached hydrogen (secondary N) is 2. The van der Waals surface area contributed by atoms with Gasteiger partial charge >= 0.3 is 6.18 Å². The van der Waals surface area contributed by atoms with Gasteiger partial charge in [-0.15, -0.1) is 0 Å². The van der Waals surface area contributed by atoms with Crippen LogP contribution in [0.25, 0.3) is 33.4 Å². The van der Waals surface area contributed by atoms with Crippen molar-refractivity contribution in [3.63, 3.8) is 0 Å². The zero-order chi connectivity index (χ0) is 20.0. The molecule has 0 bridgehead atoms. The van der Waals surface area contributed by atoms with Gasteiger partial charge < -0.3 is 10.3 Å². The van der Waals surface area contributed by atoms with E-state index in [0.717, 1.165) is 41.6 Å². The minimum atomic E-state index is -4.39. The van der Waals surface area contributed by atoms with Crippen molar-refractivity contribution in [2.75, 3.05) is 5.32 Å². The number of rotatable bonds is 4. The molecule has 4 aromatic rings. The first-order valence-electron chi connectivity index (χ1n) is 9.22. The Bertz CT molecular complexity index is 1190. The number of pyridine rings is 1. The van der Waals surface area contributed by atoms with Gasteiger partial charge in [0.1, 0.15) is 5.65 Å². The van der Waals surface area contributed by atoms with Crippen molar-refractivity contribution in [2.45, 2.75) is 25.1 Å². The van der Waals surface area contributed by atoms with E-state index < -0.39 is 11.7 Å². The third kappa shape index (κ3) is 3.53. The van der Waals surface area contributed by atoms with Crippen molar-refractivity contribution in [1.29, 1.82) is 0 Å². The normalized spacial score (nSPS) is 14.3. The summed E-state index contributed by atoms with van der Waals surface area (Å²) >= 11 is 0. The van der Waals surface area contributed by atoms with Crippen LogP contribution in [0.2, 0.25) is 0 Å². The summed E-state index contributed by atoms with van der Waals surface area (Å²) in [6.45, 7) is 0. The molecule has 0 atom stereocenters. The third-order valence-corrected chi connectivity index (χ3v) is 4.90. The van der Waals surface area contributed by atoms with E-state index in [9.17, 15) is 13.2 Å². The predicted octanol–water partition coefficient (Wildman–Crippen LogP) is 5.28. The first-order valence-corrected chi connectivity index (χ1v) is 9.22. The fraction of sp³-hybridized carbons (Fsp3) is 0.190. The van der Waals surface area contributed by atoms with Crippen LogP contribution in [0.5, 0.6) is 0 Å². The molecule has 29 heavy (non-hydrogen) atoms. The molecule has 1 aromatic carbocycles. The predicted molar refractivity (Wildman–Crippen MR) is 104 cm³/mol. The molecular weight excluding hydrogens is 379 g/mol. The van der Waals surface area contributed by atoms with Crippen molar-refractivity contribution in [3.8, 4) is 22.4 Å². The van der Waals surface area contributed by atoms with Crippen LogP contribution in [0.1, 0.15) is 18.4 Å². The number of anilines is 1. The Morgan fingerprint density at radius 3 is 2.69 bits per heavy atom. The average Bonchev–Trinajstić information content (AvgIpc) is 3.42. The maximum Gasteiger partial charge on any atom is 0.416 e. The number of aromatic amines is 1. The summed E-state index contributed by atoms with van der Waals surface area (Å²) in [5.74, 6) is 0.571. The molecule has 3 heterocycles. The lowest BCUT2D eigenvalue weighted by Crippen LogP contribution is -2.05. The number of halogens is 3. The fourth-order valence-corrected chi connectivity index (χ4v) is 3.24. The lowest BCUT2D eigenvalue weighted by molar-refractivity contribution is -0.137. The molecule has 0 aliphatic heterocycles. The minimum absolute atomic E-state index is 0.433. The number of alkyl halides is 3. The van der Waals surface area contributed by atoms with Crippen molar-refractivity contribution in [2.24, 2.45) is 0 Å². The third-order valence-electron chi connectivity index (χ3n) is 4.90. The summed E-state index contributed by atoms with van der Waals surface area (Å²) in [7, 11) is 0. The number of H-pyrrole nitrogens is 1.